The van der Waals surface area contributed by atoms with Gasteiger partial charge in [-0.05, 0) is 61.1 Å². The number of carbonyl (C=O) groups excluding carboxylic acids is 1. The normalized spacial score (nSPS) is 23.2. The highest BCUT2D eigenvalue weighted by atomic mass is 32.2. The molecule has 2 aromatic rings. The molecular formula is C21H23NO4S2. The highest BCUT2D eigenvalue weighted by molar-refractivity contribution is 8.05. The van der Waals surface area contributed by atoms with E-state index in [2.05, 4.69) is 4.98 Å². The lowest BCUT2D eigenvalue weighted by molar-refractivity contribution is -0.166. The zero-order valence-corrected chi connectivity index (χ0v) is 17.1. The van der Waals surface area contributed by atoms with Gasteiger partial charge in [0.2, 0.25) is 0 Å². The maximum absolute atomic E-state index is 12.8. The van der Waals surface area contributed by atoms with Crippen LogP contribution in [0.3, 0.4) is 0 Å². The summed E-state index contributed by atoms with van der Waals surface area (Å²) in [6, 6.07) is 7.17. The number of thioether (sulfide) groups is 1. The number of benzene rings is 1. The van der Waals surface area contributed by atoms with Crippen LogP contribution < -0.4 is 0 Å². The third-order valence-electron chi connectivity index (χ3n) is 5.66. The lowest BCUT2D eigenvalue weighted by Gasteiger charge is -2.41. The molecule has 1 aromatic heterocycles. The van der Waals surface area contributed by atoms with E-state index in [1.807, 2.05) is 17.5 Å². The van der Waals surface area contributed by atoms with E-state index in [1.165, 1.54) is 23.1 Å². The standard InChI is InChI=1S/C21H23NO4S2/c23-16-7-3-4-14(12-16)8-9-21(15-5-1-2-6-15)13-17(24)18(19(25)26-21)28-20-22-10-11-27-20/h3-4,7,10-12,15,23-24H,1-2,5-6,8-9,13H2. The number of hydrogen-bond donors (Lipinski definition) is 2. The number of nitrogens with zero attached hydrogens (tertiary/aromatic N) is 1. The Labute approximate surface area is 172 Å². The molecule has 0 spiro atoms. The van der Waals surface area contributed by atoms with Gasteiger partial charge in [0, 0.05) is 18.0 Å². The van der Waals surface area contributed by atoms with Crippen LogP contribution >= 0.6 is 23.1 Å². The Hall–Kier alpha value is -1.99. The maximum Gasteiger partial charge on any atom is 0.349 e. The average molecular weight is 418 g/mol. The summed E-state index contributed by atoms with van der Waals surface area (Å²) in [6.45, 7) is 0. The summed E-state index contributed by atoms with van der Waals surface area (Å²) >= 11 is 2.61. The van der Waals surface area contributed by atoms with Gasteiger partial charge in [0.05, 0.1) is 0 Å². The second kappa shape index (κ2) is 8.17. The summed E-state index contributed by atoms with van der Waals surface area (Å²) in [5, 5.41) is 22.3. The van der Waals surface area contributed by atoms with E-state index in [-0.39, 0.29) is 22.3 Å². The van der Waals surface area contributed by atoms with E-state index < -0.39 is 11.6 Å². The van der Waals surface area contributed by atoms with Gasteiger partial charge >= 0.3 is 5.97 Å². The molecule has 148 valence electrons. The van der Waals surface area contributed by atoms with Crippen LogP contribution in [0.1, 0.15) is 44.1 Å². The predicted octanol–water partition coefficient (Wildman–Crippen LogP) is 5.22. The molecule has 0 radical (unpaired) electrons. The zero-order chi connectivity index (χ0) is 19.6. The van der Waals surface area contributed by atoms with Crippen molar-refractivity contribution in [1.29, 1.82) is 0 Å². The minimum Gasteiger partial charge on any atom is -0.511 e. The van der Waals surface area contributed by atoms with Crippen LogP contribution in [-0.2, 0) is 16.0 Å². The Morgan fingerprint density at radius 1 is 1.29 bits per heavy atom. The maximum atomic E-state index is 12.8. The summed E-state index contributed by atoms with van der Waals surface area (Å²) in [6.07, 6.45) is 7.60. The summed E-state index contributed by atoms with van der Waals surface area (Å²) in [7, 11) is 0. The molecule has 28 heavy (non-hydrogen) atoms. The van der Waals surface area contributed by atoms with Crippen molar-refractivity contribution in [2.45, 2.75) is 54.9 Å². The topological polar surface area (TPSA) is 79.7 Å². The third-order valence-corrected chi connectivity index (χ3v) is 7.65. The number of rotatable bonds is 6. The quantitative estimate of drug-likeness (QED) is 0.628. The van der Waals surface area contributed by atoms with Crippen molar-refractivity contribution in [2.24, 2.45) is 5.92 Å². The van der Waals surface area contributed by atoms with Gasteiger partial charge < -0.3 is 14.9 Å². The van der Waals surface area contributed by atoms with Gasteiger partial charge in [0.15, 0.2) is 4.34 Å². The van der Waals surface area contributed by atoms with E-state index in [0.717, 1.165) is 31.2 Å². The van der Waals surface area contributed by atoms with Gasteiger partial charge in [0.1, 0.15) is 22.0 Å². The molecule has 1 saturated carbocycles. The van der Waals surface area contributed by atoms with Gasteiger partial charge in [-0.3, -0.25) is 0 Å². The van der Waals surface area contributed by atoms with Crippen molar-refractivity contribution in [2.75, 3.05) is 0 Å². The summed E-state index contributed by atoms with van der Waals surface area (Å²) < 4.78 is 6.79. The number of hydrogen-bond acceptors (Lipinski definition) is 7. The number of aromatic hydroxyl groups is 1. The number of phenolic OH excluding ortho intramolecular Hbond substituents is 1. The molecule has 2 heterocycles. The van der Waals surface area contributed by atoms with Gasteiger partial charge in [-0.2, -0.15) is 0 Å². The van der Waals surface area contributed by atoms with E-state index >= 15 is 0 Å². The fourth-order valence-corrected chi connectivity index (χ4v) is 5.86. The highest BCUT2D eigenvalue weighted by Crippen LogP contribution is 2.48. The number of aryl methyl sites for hydroxylation is 1. The second-order valence-electron chi connectivity index (χ2n) is 7.46. The molecule has 1 fully saturated rings. The molecule has 5 nitrogen and oxygen atoms in total. The van der Waals surface area contributed by atoms with Gasteiger partial charge in [-0.25, -0.2) is 9.78 Å². The van der Waals surface area contributed by atoms with Crippen molar-refractivity contribution < 1.29 is 19.7 Å². The Balaban J connectivity index is 1.58. The number of aliphatic hydroxyl groups is 1. The minimum absolute atomic E-state index is 0.110. The molecule has 0 amide bonds. The molecule has 1 aromatic carbocycles. The lowest BCUT2D eigenvalue weighted by atomic mass is 9.77. The number of cyclic esters (lactones) is 1. The number of thiazole rings is 1. The number of esters is 1. The molecule has 0 saturated heterocycles. The van der Waals surface area contributed by atoms with Crippen molar-refractivity contribution in [1.82, 2.24) is 4.98 Å². The van der Waals surface area contributed by atoms with E-state index in [4.69, 9.17) is 4.74 Å². The van der Waals surface area contributed by atoms with Crippen molar-refractivity contribution in [3.63, 3.8) is 0 Å². The fraction of sp³-hybridized carbons (Fsp3) is 0.429. The monoisotopic (exact) mass is 417 g/mol. The van der Waals surface area contributed by atoms with Crippen LogP contribution in [0.15, 0.2) is 50.8 Å². The number of carbonyl (C=O) groups is 1. The molecule has 2 aliphatic rings. The first-order valence-electron chi connectivity index (χ1n) is 9.56. The molecule has 1 aliphatic carbocycles. The first-order valence-corrected chi connectivity index (χ1v) is 11.3. The van der Waals surface area contributed by atoms with Crippen LogP contribution in [0, 0.1) is 5.92 Å². The number of aliphatic hydroxyl groups excluding tert-OH is 1. The summed E-state index contributed by atoms with van der Waals surface area (Å²) in [5.74, 6) is 0.145. The van der Waals surface area contributed by atoms with Crippen LogP contribution in [0.25, 0.3) is 0 Å². The average Bonchev–Trinajstić information content (AvgIpc) is 3.37. The van der Waals surface area contributed by atoms with E-state index in [9.17, 15) is 15.0 Å². The Kier molecular flexibility index (Phi) is 5.64. The van der Waals surface area contributed by atoms with Crippen LogP contribution in [-0.4, -0.2) is 26.8 Å². The van der Waals surface area contributed by atoms with Crippen LogP contribution in [0.2, 0.25) is 0 Å². The van der Waals surface area contributed by atoms with Crippen LogP contribution in [0.4, 0.5) is 0 Å². The van der Waals surface area contributed by atoms with Crippen molar-refractivity contribution >= 4 is 29.1 Å². The SMILES string of the molecule is O=C1OC(CCc2cccc(O)c2)(C2CCCC2)CC(O)=C1Sc1nccs1. The van der Waals surface area contributed by atoms with Gasteiger partial charge in [-0.15, -0.1) is 11.3 Å². The van der Waals surface area contributed by atoms with Gasteiger partial charge in [0.25, 0.3) is 0 Å². The molecule has 0 bridgehead atoms. The molecular weight excluding hydrogens is 394 g/mol. The molecule has 4 rings (SSSR count). The largest absolute Gasteiger partial charge is 0.511 e. The van der Waals surface area contributed by atoms with Gasteiger partial charge in [-0.1, -0.05) is 25.0 Å². The minimum atomic E-state index is -0.684. The highest BCUT2D eigenvalue weighted by Gasteiger charge is 2.48. The van der Waals surface area contributed by atoms with E-state index in [0.29, 0.717) is 23.6 Å². The molecule has 1 aliphatic heterocycles. The van der Waals surface area contributed by atoms with Crippen LogP contribution in [0.5, 0.6) is 5.75 Å². The Morgan fingerprint density at radius 3 is 2.79 bits per heavy atom. The first-order chi connectivity index (χ1) is 13.6. The molecule has 7 heteroatoms. The molecule has 1 atom stereocenters. The number of ether oxygens (including phenoxy) is 1. The Morgan fingerprint density at radius 2 is 2.11 bits per heavy atom. The van der Waals surface area contributed by atoms with Crippen molar-refractivity contribution in [3.05, 3.63) is 52.1 Å². The van der Waals surface area contributed by atoms with Crippen molar-refractivity contribution in [3.8, 4) is 5.75 Å². The smallest absolute Gasteiger partial charge is 0.349 e. The predicted molar refractivity (Wildman–Crippen MR) is 109 cm³/mol. The van der Waals surface area contributed by atoms with E-state index in [1.54, 1.807) is 18.3 Å². The molecule has 1 unspecified atom stereocenters. The zero-order valence-electron chi connectivity index (χ0n) is 15.5. The first kappa shape index (κ1) is 19.3. The number of phenols is 1. The second-order valence-corrected chi connectivity index (χ2v) is 9.61. The number of aromatic nitrogens is 1. The molecule has 2 N–H and O–H groups in total. The lowest BCUT2D eigenvalue weighted by Crippen LogP contribution is -2.45. The third kappa shape index (κ3) is 4.05. The summed E-state index contributed by atoms with van der Waals surface area (Å²) in [5.41, 5.74) is 0.315. The fourth-order valence-electron chi connectivity index (χ4n) is 4.29. The Bertz CT molecular complexity index is 874. The summed E-state index contributed by atoms with van der Waals surface area (Å²) in [4.78, 5) is 17.3.